The highest BCUT2D eigenvalue weighted by Crippen LogP contribution is 2.32. The number of nitrogens with zero attached hydrogens (tertiary/aromatic N) is 4. The molecular weight excluding hydrogens is 362 g/mol. The molecule has 146 valence electrons. The molecule has 5 rings (SSSR count). The topological polar surface area (TPSA) is 126 Å². The third-order valence-corrected chi connectivity index (χ3v) is 5.54. The van der Waals surface area contributed by atoms with E-state index < -0.39 is 24.5 Å². The normalized spacial score (nSPS) is 27.4. The summed E-state index contributed by atoms with van der Waals surface area (Å²) in [6, 6.07) is 8.60. The number of aliphatic hydroxyl groups is 3. The van der Waals surface area contributed by atoms with Crippen LogP contribution in [0.4, 0.5) is 5.82 Å². The van der Waals surface area contributed by atoms with E-state index in [1.807, 2.05) is 12.1 Å². The minimum absolute atomic E-state index is 0.217. The minimum atomic E-state index is -1.19. The lowest BCUT2D eigenvalue weighted by Gasteiger charge is -2.17. The lowest BCUT2D eigenvalue weighted by Crippen LogP contribution is -2.33. The Bertz CT molecular complexity index is 984. The fourth-order valence-electron chi connectivity index (χ4n) is 4.11. The molecule has 4 N–H and O–H groups in total. The number of nitrogens with one attached hydrogen (secondary N) is 1. The van der Waals surface area contributed by atoms with Gasteiger partial charge in [0.25, 0.3) is 0 Å². The van der Waals surface area contributed by atoms with Crippen LogP contribution in [-0.2, 0) is 17.6 Å². The van der Waals surface area contributed by atoms with Crippen molar-refractivity contribution in [2.45, 2.75) is 43.4 Å². The quantitative estimate of drug-likeness (QED) is 0.497. The van der Waals surface area contributed by atoms with E-state index in [-0.39, 0.29) is 12.6 Å². The molecule has 28 heavy (non-hydrogen) atoms. The Hall–Kier alpha value is -2.59. The Morgan fingerprint density at radius 3 is 2.50 bits per heavy atom. The van der Waals surface area contributed by atoms with E-state index in [1.165, 1.54) is 23.8 Å². The van der Waals surface area contributed by atoms with E-state index in [2.05, 4.69) is 32.4 Å². The van der Waals surface area contributed by atoms with Crippen LogP contribution < -0.4 is 5.32 Å². The van der Waals surface area contributed by atoms with Gasteiger partial charge in [-0.3, -0.25) is 4.57 Å². The van der Waals surface area contributed by atoms with Gasteiger partial charge < -0.3 is 25.4 Å². The second-order valence-corrected chi connectivity index (χ2v) is 7.29. The van der Waals surface area contributed by atoms with Crippen LogP contribution in [0, 0.1) is 0 Å². The van der Waals surface area contributed by atoms with Crippen LogP contribution in [0.3, 0.4) is 0 Å². The molecule has 1 fully saturated rings. The van der Waals surface area contributed by atoms with Crippen LogP contribution in [-0.4, -0.2) is 65.8 Å². The van der Waals surface area contributed by atoms with Crippen LogP contribution in [0.1, 0.15) is 17.4 Å². The molecule has 1 saturated heterocycles. The number of fused-ring (bicyclic) bond motifs is 2. The molecule has 1 aliphatic heterocycles. The second kappa shape index (κ2) is 6.78. The number of imidazole rings is 1. The van der Waals surface area contributed by atoms with Crippen LogP contribution in [0.2, 0.25) is 0 Å². The number of hydrogen-bond acceptors (Lipinski definition) is 8. The molecule has 1 aromatic carbocycles. The van der Waals surface area contributed by atoms with Crippen LogP contribution in [0.15, 0.2) is 36.9 Å². The largest absolute Gasteiger partial charge is 0.394 e. The molecule has 0 bridgehead atoms. The lowest BCUT2D eigenvalue weighted by atomic mass is 10.1. The van der Waals surface area contributed by atoms with Crippen molar-refractivity contribution in [1.29, 1.82) is 0 Å². The van der Waals surface area contributed by atoms with Gasteiger partial charge in [0.05, 0.1) is 12.9 Å². The number of ether oxygens (including phenoxy) is 1. The summed E-state index contributed by atoms with van der Waals surface area (Å²) in [5.41, 5.74) is 3.73. The van der Waals surface area contributed by atoms with Crippen molar-refractivity contribution in [1.82, 2.24) is 19.5 Å². The van der Waals surface area contributed by atoms with E-state index >= 15 is 0 Å². The zero-order chi connectivity index (χ0) is 19.3. The summed E-state index contributed by atoms with van der Waals surface area (Å²) in [6.07, 6.45) is 0.674. The maximum atomic E-state index is 10.3. The number of aliphatic hydroxyl groups excluding tert-OH is 3. The summed E-state index contributed by atoms with van der Waals surface area (Å²) in [4.78, 5) is 13.0. The first kappa shape index (κ1) is 17.5. The molecule has 3 heterocycles. The van der Waals surface area contributed by atoms with Gasteiger partial charge in [0.15, 0.2) is 23.2 Å². The van der Waals surface area contributed by atoms with Gasteiger partial charge in [-0.1, -0.05) is 24.3 Å². The van der Waals surface area contributed by atoms with E-state index in [4.69, 9.17) is 4.74 Å². The van der Waals surface area contributed by atoms with Crippen LogP contribution in [0.25, 0.3) is 11.2 Å². The lowest BCUT2D eigenvalue weighted by molar-refractivity contribution is -0.0511. The highest BCUT2D eigenvalue weighted by molar-refractivity contribution is 5.83. The average Bonchev–Trinajstić information content (AvgIpc) is 3.38. The fraction of sp³-hybridized carbons (Fsp3) is 0.421. The number of benzene rings is 1. The van der Waals surface area contributed by atoms with Crippen molar-refractivity contribution in [2.24, 2.45) is 0 Å². The molecule has 2 aromatic heterocycles. The van der Waals surface area contributed by atoms with Gasteiger partial charge in [0.1, 0.15) is 24.6 Å². The zero-order valence-electron chi connectivity index (χ0n) is 15.0. The van der Waals surface area contributed by atoms with E-state index in [9.17, 15) is 15.3 Å². The highest BCUT2D eigenvalue weighted by atomic mass is 16.6. The number of rotatable bonds is 4. The SMILES string of the molecule is OC[C@H]1OC(n2cnc3c(NC4Cc5ccccc5C4)ncnc32)[C@H](O)[C@@H]1O. The predicted octanol–water partition coefficient (Wildman–Crippen LogP) is 0.0171. The van der Waals surface area contributed by atoms with Gasteiger partial charge in [0, 0.05) is 6.04 Å². The summed E-state index contributed by atoms with van der Waals surface area (Å²) in [5, 5.41) is 33.1. The zero-order valence-corrected chi connectivity index (χ0v) is 15.0. The Labute approximate surface area is 160 Å². The third kappa shape index (κ3) is 2.75. The summed E-state index contributed by atoms with van der Waals surface area (Å²) >= 11 is 0. The van der Waals surface area contributed by atoms with Crippen LogP contribution >= 0.6 is 0 Å². The van der Waals surface area contributed by atoms with Gasteiger partial charge in [-0.2, -0.15) is 0 Å². The third-order valence-electron chi connectivity index (χ3n) is 5.54. The fourth-order valence-corrected chi connectivity index (χ4v) is 4.11. The Balaban J connectivity index is 1.42. The van der Waals surface area contributed by atoms with Crippen LogP contribution in [0.5, 0.6) is 0 Å². The van der Waals surface area contributed by atoms with Gasteiger partial charge >= 0.3 is 0 Å². The molecule has 1 aliphatic carbocycles. The molecular formula is C19H21N5O4. The molecule has 0 amide bonds. The summed E-state index contributed by atoms with van der Waals surface area (Å²) in [5.74, 6) is 0.619. The molecule has 0 radical (unpaired) electrons. The number of hydrogen-bond donors (Lipinski definition) is 4. The molecule has 9 heteroatoms. The summed E-state index contributed by atoms with van der Waals surface area (Å²) in [6.45, 7) is -0.384. The van der Waals surface area contributed by atoms with Crippen molar-refractivity contribution in [2.75, 3.05) is 11.9 Å². The van der Waals surface area contributed by atoms with Crippen molar-refractivity contribution < 1.29 is 20.1 Å². The number of aromatic nitrogens is 4. The van der Waals surface area contributed by atoms with Crippen molar-refractivity contribution in [3.63, 3.8) is 0 Å². The molecule has 0 spiro atoms. The molecule has 3 aromatic rings. The predicted molar refractivity (Wildman–Crippen MR) is 99.6 cm³/mol. The van der Waals surface area contributed by atoms with E-state index in [0.29, 0.717) is 17.0 Å². The Morgan fingerprint density at radius 1 is 1.07 bits per heavy atom. The van der Waals surface area contributed by atoms with Gasteiger partial charge in [-0.25, -0.2) is 15.0 Å². The maximum Gasteiger partial charge on any atom is 0.167 e. The second-order valence-electron chi connectivity index (χ2n) is 7.29. The van der Waals surface area contributed by atoms with Crippen molar-refractivity contribution >= 4 is 17.0 Å². The van der Waals surface area contributed by atoms with Gasteiger partial charge in [-0.05, 0) is 24.0 Å². The summed E-state index contributed by atoms with van der Waals surface area (Å²) in [7, 11) is 0. The Morgan fingerprint density at radius 2 is 1.82 bits per heavy atom. The maximum absolute atomic E-state index is 10.3. The first-order chi connectivity index (χ1) is 13.7. The molecule has 2 aliphatic rings. The Kier molecular flexibility index (Phi) is 4.24. The average molecular weight is 383 g/mol. The number of anilines is 1. The van der Waals surface area contributed by atoms with Crippen molar-refractivity contribution in [3.05, 3.63) is 48.0 Å². The first-order valence-electron chi connectivity index (χ1n) is 9.29. The smallest absolute Gasteiger partial charge is 0.167 e. The molecule has 1 unspecified atom stereocenters. The van der Waals surface area contributed by atoms with Crippen molar-refractivity contribution in [3.8, 4) is 0 Å². The highest BCUT2D eigenvalue weighted by Gasteiger charge is 2.44. The first-order valence-corrected chi connectivity index (χ1v) is 9.29. The monoisotopic (exact) mass is 383 g/mol. The van der Waals surface area contributed by atoms with Gasteiger partial charge in [0.2, 0.25) is 0 Å². The molecule has 0 saturated carbocycles. The standard InChI is InChI=1S/C19H21N5O4/c25-7-13-15(26)16(27)19(28-13)24-9-22-14-17(20-8-21-18(14)24)23-12-5-10-3-1-2-4-11(10)6-12/h1-4,8-9,12-13,15-16,19,25-27H,5-7H2,(H,20,21,23)/t13-,15-,16-,19?/m1/s1. The van der Waals surface area contributed by atoms with E-state index in [1.54, 1.807) is 4.57 Å². The van der Waals surface area contributed by atoms with Gasteiger partial charge in [-0.15, -0.1) is 0 Å². The summed E-state index contributed by atoms with van der Waals surface area (Å²) < 4.78 is 7.16. The van der Waals surface area contributed by atoms with E-state index in [0.717, 1.165) is 12.8 Å². The molecule has 9 nitrogen and oxygen atoms in total. The molecule has 4 atom stereocenters. The minimum Gasteiger partial charge on any atom is -0.394 e.